The second-order valence-corrected chi connectivity index (χ2v) is 15.4. The maximum Gasteiger partial charge on any atom is 0.303 e. The molecule has 0 aliphatic carbocycles. The first-order chi connectivity index (χ1) is 27.3. The van der Waals surface area contributed by atoms with Crippen molar-refractivity contribution < 1.29 is 53.4 Å². The van der Waals surface area contributed by atoms with Gasteiger partial charge in [0.25, 0.3) is 0 Å². The van der Waals surface area contributed by atoms with Crippen LogP contribution in [0.25, 0.3) is 0 Å². The maximum atomic E-state index is 13.1. The number of carbonyl (C=O) groups excluding carboxylic acids is 7. The average Bonchev–Trinajstić information content (AvgIpc) is 3.14. The van der Waals surface area contributed by atoms with E-state index >= 15 is 0 Å². The van der Waals surface area contributed by atoms with Gasteiger partial charge in [-0.05, 0) is 46.0 Å². The molecule has 332 valence electrons. The number of carboxylic acid groups (broad SMARTS) is 2. The van der Waals surface area contributed by atoms with E-state index in [-0.39, 0.29) is 24.7 Å². The van der Waals surface area contributed by atoms with Gasteiger partial charge in [-0.1, -0.05) is 97.8 Å². The fourth-order valence-corrected chi connectivity index (χ4v) is 5.92. The van der Waals surface area contributed by atoms with E-state index in [1.807, 2.05) is 0 Å². The summed E-state index contributed by atoms with van der Waals surface area (Å²) in [4.78, 5) is 111. The predicted octanol–water partition coefficient (Wildman–Crippen LogP) is 2.31. The van der Waals surface area contributed by atoms with Crippen molar-refractivity contribution in [3.05, 3.63) is 0 Å². The van der Waals surface area contributed by atoms with Crippen LogP contribution in [0.1, 0.15) is 157 Å². The highest BCUT2D eigenvalue weighted by Gasteiger charge is 2.31. The number of nitrogens with two attached hydrogens (primary N) is 1. The second kappa shape index (κ2) is 30.3. The van der Waals surface area contributed by atoms with Crippen molar-refractivity contribution in [2.75, 3.05) is 0 Å². The van der Waals surface area contributed by atoms with Crippen molar-refractivity contribution in [1.82, 2.24) is 31.9 Å². The van der Waals surface area contributed by atoms with Crippen LogP contribution < -0.4 is 37.6 Å². The minimum atomic E-state index is -1.49. The third kappa shape index (κ3) is 24.8. The van der Waals surface area contributed by atoms with Crippen LogP contribution >= 0.6 is 0 Å². The summed E-state index contributed by atoms with van der Waals surface area (Å²) < 4.78 is 0. The van der Waals surface area contributed by atoms with E-state index in [0.717, 1.165) is 19.3 Å². The van der Waals surface area contributed by atoms with Crippen LogP contribution in [0.4, 0.5) is 0 Å². The van der Waals surface area contributed by atoms with Crippen LogP contribution in [0.3, 0.4) is 0 Å². The quantitative estimate of drug-likeness (QED) is 0.0433. The molecule has 0 aromatic heterocycles. The molecule has 0 saturated carbocycles. The zero-order valence-corrected chi connectivity index (χ0v) is 35.4. The Morgan fingerprint density at radius 3 is 1.21 bits per heavy atom. The lowest BCUT2D eigenvalue weighted by Crippen LogP contribution is -2.58. The van der Waals surface area contributed by atoms with Gasteiger partial charge < -0.3 is 47.8 Å². The van der Waals surface area contributed by atoms with Crippen molar-refractivity contribution in [3.63, 3.8) is 0 Å². The predicted molar refractivity (Wildman–Crippen MR) is 217 cm³/mol. The van der Waals surface area contributed by atoms with E-state index < -0.39 is 103 Å². The highest BCUT2D eigenvalue weighted by molar-refractivity contribution is 5.96. The van der Waals surface area contributed by atoms with Gasteiger partial charge in [0.05, 0.1) is 0 Å². The second-order valence-electron chi connectivity index (χ2n) is 15.4. The number of rotatable bonds is 33. The number of primary amides is 1. The summed E-state index contributed by atoms with van der Waals surface area (Å²) in [6, 6.07) is -7.38. The van der Waals surface area contributed by atoms with Crippen molar-refractivity contribution in [1.29, 1.82) is 0 Å². The highest BCUT2D eigenvalue weighted by atomic mass is 16.4. The normalized spacial score (nSPS) is 14.1. The molecule has 0 spiro atoms. The molecule has 0 rings (SSSR count). The van der Waals surface area contributed by atoms with Gasteiger partial charge in [0.15, 0.2) is 0 Å². The number of unbranched alkanes of at least 4 members (excludes halogenated alkanes) is 12. The van der Waals surface area contributed by atoms with E-state index in [0.29, 0.717) is 6.42 Å². The van der Waals surface area contributed by atoms with Crippen molar-refractivity contribution >= 4 is 53.3 Å². The first-order valence-corrected chi connectivity index (χ1v) is 20.8. The summed E-state index contributed by atoms with van der Waals surface area (Å²) in [7, 11) is 0. The van der Waals surface area contributed by atoms with Gasteiger partial charge in [0.1, 0.15) is 36.3 Å². The molecule has 10 N–H and O–H groups in total. The Labute approximate surface area is 343 Å². The monoisotopic (exact) mass is 826 g/mol. The SMILES string of the molecule is CCCCCCCCCCCCCCCC(=O)N[C@H](C(=O)N[C@@H](C)C(=O)N[C@@H](C)C(=O)N[C@@H](C)C(=O)N[C@@H](CCC(=O)O)C(=O)N[C@@H](CCC(=O)O)C(N)=O)C(C)C. The molecule has 7 amide bonds. The smallest absolute Gasteiger partial charge is 0.303 e. The Bertz CT molecular complexity index is 1340. The summed E-state index contributed by atoms with van der Waals surface area (Å²) in [5.74, 6) is -8.09. The van der Waals surface area contributed by atoms with Gasteiger partial charge in [-0.2, -0.15) is 0 Å². The molecule has 0 radical (unpaired) electrons. The lowest BCUT2D eigenvalue weighted by atomic mass is 10.0. The van der Waals surface area contributed by atoms with Crippen LogP contribution in [-0.2, 0) is 43.2 Å². The van der Waals surface area contributed by atoms with E-state index in [4.69, 9.17) is 15.9 Å². The number of hydrogen-bond donors (Lipinski definition) is 9. The molecular formula is C40H71N7O11. The topological polar surface area (TPSA) is 292 Å². The van der Waals surface area contributed by atoms with Gasteiger partial charge in [-0.25, -0.2) is 0 Å². The van der Waals surface area contributed by atoms with Crippen LogP contribution in [0.2, 0.25) is 0 Å². The molecule has 0 heterocycles. The fourth-order valence-electron chi connectivity index (χ4n) is 5.92. The van der Waals surface area contributed by atoms with Gasteiger partial charge >= 0.3 is 11.9 Å². The number of carbonyl (C=O) groups is 9. The lowest BCUT2D eigenvalue weighted by Gasteiger charge is -2.25. The minimum absolute atomic E-state index is 0.253. The van der Waals surface area contributed by atoms with Crippen LogP contribution in [0.15, 0.2) is 0 Å². The first-order valence-electron chi connectivity index (χ1n) is 20.8. The van der Waals surface area contributed by atoms with Crippen molar-refractivity contribution in [2.24, 2.45) is 11.7 Å². The van der Waals surface area contributed by atoms with Crippen LogP contribution in [-0.4, -0.2) is 99.8 Å². The Morgan fingerprint density at radius 2 is 0.810 bits per heavy atom. The summed E-state index contributed by atoms with van der Waals surface area (Å²) in [6.07, 6.45) is 13.9. The Hall–Kier alpha value is -4.77. The molecule has 58 heavy (non-hydrogen) atoms. The van der Waals surface area contributed by atoms with E-state index in [9.17, 15) is 43.2 Å². The van der Waals surface area contributed by atoms with Gasteiger partial charge in [-0.15, -0.1) is 0 Å². The largest absolute Gasteiger partial charge is 0.481 e. The van der Waals surface area contributed by atoms with Gasteiger partial charge in [-0.3, -0.25) is 43.2 Å². The zero-order chi connectivity index (χ0) is 44.2. The molecule has 0 fully saturated rings. The third-order valence-electron chi connectivity index (χ3n) is 9.62. The molecule has 18 heteroatoms. The fraction of sp³-hybridized carbons (Fsp3) is 0.775. The molecular weight excluding hydrogens is 754 g/mol. The zero-order valence-electron chi connectivity index (χ0n) is 35.4. The van der Waals surface area contributed by atoms with Crippen molar-refractivity contribution in [2.45, 2.75) is 193 Å². The van der Waals surface area contributed by atoms with Gasteiger partial charge in [0.2, 0.25) is 41.4 Å². The lowest BCUT2D eigenvalue weighted by molar-refractivity contribution is -0.139. The summed E-state index contributed by atoms with van der Waals surface area (Å²) in [5, 5.41) is 32.7. The standard InChI is InChI=1S/C40H71N7O11/c1-7-8-9-10-11-12-13-14-15-16-17-18-19-20-31(48)47-34(25(2)3)40(58)44-27(5)37(55)42-26(4)36(54)43-28(6)38(56)46-30(22-24-33(51)52)39(57)45-29(35(41)53)21-23-32(49)50/h25-30,34H,7-24H2,1-6H3,(H2,41,53)(H,42,55)(H,43,54)(H,44,58)(H,45,57)(H,46,56)(H,47,48)(H,49,50)(H,51,52)/t26-,27-,28-,29-,30-,34-/m0/s1. The van der Waals surface area contributed by atoms with Crippen LogP contribution in [0.5, 0.6) is 0 Å². The minimum Gasteiger partial charge on any atom is -0.481 e. The third-order valence-corrected chi connectivity index (χ3v) is 9.62. The number of aliphatic carboxylic acids is 2. The maximum absolute atomic E-state index is 13.1. The highest BCUT2D eigenvalue weighted by Crippen LogP contribution is 2.13. The van der Waals surface area contributed by atoms with E-state index in [2.05, 4.69) is 38.8 Å². The number of nitrogens with one attached hydrogen (secondary N) is 6. The number of carboxylic acids is 2. The Kier molecular flexibility index (Phi) is 27.8. The molecule has 6 atom stereocenters. The van der Waals surface area contributed by atoms with E-state index in [1.54, 1.807) is 13.8 Å². The Balaban J connectivity index is 4.91. The van der Waals surface area contributed by atoms with Crippen LogP contribution in [0, 0.1) is 5.92 Å². The number of hydrogen-bond acceptors (Lipinski definition) is 9. The van der Waals surface area contributed by atoms with E-state index in [1.165, 1.54) is 78.6 Å². The Morgan fingerprint density at radius 1 is 0.448 bits per heavy atom. The molecule has 0 saturated heterocycles. The summed E-state index contributed by atoms with van der Waals surface area (Å²) in [5.41, 5.74) is 5.25. The molecule has 0 aliphatic rings. The summed E-state index contributed by atoms with van der Waals surface area (Å²) in [6.45, 7) is 9.78. The molecule has 0 aromatic rings. The molecule has 18 nitrogen and oxygen atoms in total. The molecule has 0 unspecified atom stereocenters. The van der Waals surface area contributed by atoms with Crippen molar-refractivity contribution in [3.8, 4) is 0 Å². The first kappa shape index (κ1) is 53.2. The molecule has 0 aromatic carbocycles. The summed E-state index contributed by atoms with van der Waals surface area (Å²) >= 11 is 0. The number of amides is 7. The molecule has 0 aliphatic heterocycles. The van der Waals surface area contributed by atoms with Gasteiger partial charge in [0, 0.05) is 19.3 Å². The average molecular weight is 826 g/mol. The molecule has 0 bridgehead atoms.